The molecule has 0 saturated carbocycles. The third-order valence-corrected chi connectivity index (χ3v) is 4.04. The van der Waals surface area contributed by atoms with Gasteiger partial charge in [0.2, 0.25) is 0 Å². The molecule has 138 valence electrons. The Hall–Kier alpha value is -4.00. The van der Waals surface area contributed by atoms with E-state index in [1.165, 1.54) is 0 Å². The van der Waals surface area contributed by atoms with Gasteiger partial charge in [-0.3, -0.25) is 14.8 Å². The zero-order valence-electron chi connectivity index (χ0n) is 15.0. The molecule has 0 aliphatic heterocycles. The van der Waals surface area contributed by atoms with E-state index in [2.05, 4.69) is 20.4 Å². The first-order valence-corrected chi connectivity index (χ1v) is 8.56. The molecular weight excluding hydrogens is 356 g/mol. The fourth-order valence-electron chi connectivity index (χ4n) is 2.69. The van der Waals surface area contributed by atoms with Crippen LogP contribution in [0.1, 0.15) is 16.1 Å². The molecule has 0 spiro atoms. The maximum absolute atomic E-state index is 12.8. The first-order valence-electron chi connectivity index (χ1n) is 8.56. The highest BCUT2D eigenvalue weighted by Crippen LogP contribution is 2.27. The Kier molecular flexibility index (Phi) is 4.79. The van der Waals surface area contributed by atoms with Crippen molar-refractivity contribution in [1.29, 1.82) is 0 Å². The summed E-state index contributed by atoms with van der Waals surface area (Å²) in [6, 6.07) is 14.2. The quantitative estimate of drug-likeness (QED) is 0.555. The highest BCUT2D eigenvalue weighted by Gasteiger charge is 2.21. The van der Waals surface area contributed by atoms with Crippen molar-refractivity contribution in [3.63, 3.8) is 0 Å². The third kappa shape index (κ3) is 3.73. The van der Waals surface area contributed by atoms with Crippen LogP contribution in [0.15, 0.2) is 77.8 Å². The van der Waals surface area contributed by atoms with E-state index in [1.807, 2.05) is 0 Å². The van der Waals surface area contributed by atoms with Crippen molar-refractivity contribution in [1.82, 2.24) is 15.1 Å². The average Bonchev–Trinajstić information content (AvgIpc) is 3.12. The SMILES string of the molecule is Cc1onc(-c2ccncc2)c1C(=O)Nc1ccc(Oc2ccncc2)cc1. The first kappa shape index (κ1) is 17.4. The molecule has 0 fully saturated rings. The molecule has 0 aliphatic carbocycles. The van der Waals surface area contributed by atoms with Gasteiger partial charge in [0.05, 0.1) is 0 Å². The van der Waals surface area contributed by atoms with Crippen LogP contribution in [0.5, 0.6) is 11.5 Å². The molecule has 1 amide bonds. The Morgan fingerprint density at radius 2 is 1.50 bits per heavy atom. The number of carbonyl (C=O) groups is 1. The highest BCUT2D eigenvalue weighted by molar-refractivity contribution is 6.08. The zero-order chi connectivity index (χ0) is 19.3. The van der Waals surface area contributed by atoms with Crippen molar-refractivity contribution in [3.05, 3.63) is 84.6 Å². The van der Waals surface area contributed by atoms with E-state index in [0.29, 0.717) is 34.2 Å². The van der Waals surface area contributed by atoms with Crippen LogP contribution >= 0.6 is 0 Å². The number of benzene rings is 1. The maximum Gasteiger partial charge on any atom is 0.261 e. The number of rotatable bonds is 5. The minimum atomic E-state index is -0.298. The lowest BCUT2D eigenvalue weighted by Gasteiger charge is -2.08. The van der Waals surface area contributed by atoms with E-state index in [9.17, 15) is 4.79 Å². The topological polar surface area (TPSA) is 90.1 Å². The van der Waals surface area contributed by atoms with Crippen LogP contribution in [0.3, 0.4) is 0 Å². The molecule has 1 aromatic carbocycles. The average molecular weight is 372 g/mol. The summed E-state index contributed by atoms with van der Waals surface area (Å²) < 4.78 is 11.0. The number of aromatic nitrogens is 3. The van der Waals surface area contributed by atoms with Crippen LogP contribution in [0.25, 0.3) is 11.3 Å². The molecular formula is C21H16N4O3. The Balaban J connectivity index is 1.51. The van der Waals surface area contributed by atoms with Crippen LogP contribution in [0.2, 0.25) is 0 Å². The molecule has 4 aromatic rings. The minimum absolute atomic E-state index is 0.298. The second-order valence-corrected chi connectivity index (χ2v) is 5.96. The molecule has 0 radical (unpaired) electrons. The Morgan fingerprint density at radius 3 is 2.18 bits per heavy atom. The van der Waals surface area contributed by atoms with Crippen molar-refractivity contribution in [2.45, 2.75) is 6.92 Å². The lowest BCUT2D eigenvalue weighted by atomic mass is 10.1. The smallest absolute Gasteiger partial charge is 0.261 e. The predicted molar refractivity (Wildman–Crippen MR) is 103 cm³/mol. The van der Waals surface area contributed by atoms with E-state index in [4.69, 9.17) is 9.26 Å². The maximum atomic E-state index is 12.8. The minimum Gasteiger partial charge on any atom is -0.457 e. The predicted octanol–water partition coefficient (Wildman–Crippen LogP) is 4.48. The number of ether oxygens (including phenoxy) is 1. The number of anilines is 1. The molecule has 4 rings (SSSR count). The molecule has 7 nitrogen and oxygen atoms in total. The molecule has 0 atom stereocenters. The molecule has 3 aromatic heterocycles. The summed E-state index contributed by atoms with van der Waals surface area (Å²) in [7, 11) is 0. The molecule has 0 bridgehead atoms. The van der Waals surface area contributed by atoms with E-state index in [0.717, 1.165) is 5.56 Å². The Morgan fingerprint density at radius 1 is 0.893 bits per heavy atom. The van der Waals surface area contributed by atoms with Gasteiger partial charge in [-0.05, 0) is 55.5 Å². The second-order valence-electron chi connectivity index (χ2n) is 5.96. The van der Waals surface area contributed by atoms with E-state index >= 15 is 0 Å². The number of carbonyl (C=O) groups excluding carboxylic acids is 1. The lowest BCUT2D eigenvalue weighted by molar-refractivity contribution is 0.102. The first-order chi connectivity index (χ1) is 13.7. The number of amides is 1. The summed E-state index contributed by atoms with van der Waals surface area (Å²) >= 11 is 0. The van der Waals surface area contributed by atoms with Crippen LogP contribution in [-0.4, -0.2) is 21.0 Å². The second kappa shape index (κ2) is 7.71. The molecule has 1 N–H and O–H groups in total. The van der Waals surface area contributed by atoms with Gasteiger partial charge in [-0.1, -0.05) is 5.16 Å². The van der Waals surface area contributed by atoms with Crippen LogP contribution in [0.4, 0.5) is 5.69 Å². The largest absolute Gasteiger partial charge is 0.457 e. The summed E-state index contributed by atoms with van der Waals surface area (Å²) in [5.41, 5.74) is 2.27. The standard InChI is InChI=1S/C21H16N4O3/c1-14-19(20(25-28-14)15-6-10-22-11-7-15)21(26)24-16-2-4-17(5-3-16)27-18-8-12-23-13-9-18/h2-13H,1H3,(H,24,26). The van der Waals surface area contributed by atoms with Gasteiger partial charge in [-0.15, -0.1) is 0 Å². The van der Waals surface area contributed by atoms with Crippen molar-refractivity contribution < 1.29 is 14.1 Å². The fourth-order valence-corrected chi connectivity index (χ4v) is 2.69. The van der Waals surface area contributed by atoms with Gasteiger partial charge in [0, 0.05) is 36.0 Å². The molecule has 0 unspecified atom stereocenters. The van der Waals surface area contributed by atoms with Gasteiger partial charge in [0.25, 0.3) is 5.91 Å². The van der Waals surface area contributed by atoms with Crippen molar-refractivity contribution in [3.8, 4) is 22.8 Å². The molecule has 0 aliphatic rings. The molecule has 28 heavy (non-hydrogen) atoms. The summed E-state index contributed by atoms with van der Waals surface area (Å²) in [6.07, 6.45) is 6.60. The summed E-state index contributed by atoms with van der Waals surface area (Å²) in [5, 5.41) is 6.89. The highest BCUT2D eigenvalue weighted by atomic mass is 16.5. The summed E-state index contributed by atoms with van der Waals surface area (Å²) in [4.78, 5) is 20.7. The molecule has 0 saturated heterocycles. The number of nitrogens with zero attached hydrogens (tertiary/aromatic N) is 3. The van der Waals surface area contributed by atoms with Gasteiger partial charge in [-0.25, -0.2) is 0 Å². The number of pyridine rings is 2. The number of hydrogen-bond donors (Lipinski definition) is 1. The van der Waals surface area contributed by atoms with Crippen LogP contribution in [0, 0.1) is 6.92 Å². The number of hydrogen-bond acceptors (Lipinski definition) is 6. The Labute approximate surface area is 161 Å². The number of nitrogens with one attached hydrogen (secondary N) is 1. The van der Waals surface area contributed by atoms with Gasteiger partial charge < -0.3 is 14.6 Å². The molecule has 7 heteroatoms. The lowest BCUT2D eigenvalue weighted by Crippen LogP contribution is -2.13. The number of aryl methyl sites for hydroxylation is 1. The Bertz CT molecular complexity index is 1080. The fraction of sp³-hybridized carbons (Fsp3) is 0.0476. The zero-order valence-corrected chi connectivity index (χ0v) is 15.0. The normalized spacial score (nSPS) is 10.5. The van der Waals surface area contributed by atoms with Crippen molar-refractivity contribution >= 4 is 11.6 Å². The van der Waals surface area contributed by atoms with Gasteiger partial charge in [0.15, 0.2) is 0 Å². The van der Waals surface area contributed by atoms with Crippen LogP contribution in [-0.2, 0) is 0 Å². The van der Waals surface area contributed by atoms with Crippen molar-refractivity contribution in [2.24, 2.45) is 0 Å². The molecule has 3 heterocycles. The monoisotopic (exact) mass is 372 g/mol. The van der Waals surface area contributed by atoms with Gasteiger partial charge in [0.1, 0.15) is 28.5 Å². The summed E-state index contributed by atoms with van der Waals surface area (Å²) in [5.74, 6) is 1.49. The van der Waals surface area contributed by atoms with Gasteiger partial charge in [-0.2, -0.15) is 0 Å². The van der Waals surface area contributed by atoms with E-state index < -0.39 is 0 Å². The van der Waals surface area contributed by atoms with Gasteiger partial charge >= 0.3 is 0 Å². The van der Waals surface area contributed by atoms with Crippen LogP contribution < -0.4 is 10.1 Å². The van der Waals surface area contributed by atoms with E-state index in [-0.39, 0.29) is 5.91 Å². The van der Waals surface area contributed by atoms with Crippen molar-refractivity contribution in [2.75, 3.05) is 5.32 Å². The van der Waals surface area contributed by atoms with E-state index in [1.54, 1.807) is 80.2 Å². The third-order valence-electron chi connectivity index (χ3n) is 4.04. The summed E-state index contributed by atoms with van der Waals surface area (Å²) in [6.45, 7) is 1.71.